The molecule has 2 atom stereocenters. The average Bonchev–Trinajstić information content (AvgIpc) is 2.79. The van der Waals surface area contributed by atoms with Crippen molar-refractivity contribution >= 4 is 17.3 Å². The maximum absolute atomic E-state index is 13.4. The van der Waals surface area contributed by atoms with Gasteiger partial charge in [-0.15, -0.1) is 0 Å². The molecule has 17 heavy (non-hydrogen) atoms. The third-order valence-electron chi connectivity index (χ3n) is 3.82. The summed E-state index contributed by atoms with van der Waals surface area (Å²) in [7, 11) is 0. The molecule has 1 aromatic heterocycles. The Bertz CT molecular complexity index is 426. The lowest BCUT2D eigenvalue weighted by molar-refractivity contribution is 0.373. The first-order valence-corrected chi connectivity index (χ1v) is 6.41. The van der Waals surface area contributed by atoms with Crippen molar-refractivity contribution in [1.82, 2.24) is 10.3 Å². The fourth-order valence-corrected chi connectivity index (χ4v) is 2.95. The molecule has 0 saturated carbocycles. The Morgan fingerprint density at radius 2 is 2.35 bits per heavy atom. The topological polar surface area (TPSA) is 28.2 Å². The molecule has 1 N–H and O–H groups in total. The molecule has 0 radical (unpaired) electrons. The van der Waals surface area contributed by atoms with Crippen LogP contribution in [0.5, 0.6) is 0 Å². The van der Waals surface area contributed by atoms with E-state index in [-0.39, 0.29) is 5.15 Å². The molecule has 2 fully saturated rings. The Kier molecular flexibility index (Phi) is 2.92. The number of fused-ring (bicyclic) bond motifs is 1. The summed E-state index contributed by atoms with van der Waals surface area (Å²) in [6.45, 7) is 3.02. The number of aromatic nitrogens is 1. The predicted octanol–water partition coefficient (Wildman–Crippen LogP) is 2.06. The molecule has 2 saturated heterocycles. The quantitative estimate of drug-likeness (QED) is 0.779. The number of hydrogen-bond donors (Lipinski definition) is 1. The SMILES string of the molecule is Fc1cc(N2CC[C@H]3CCN[C@H]3C2)cnc1Cl. The van der Waals surface area contributed by atoms with E-state index in [0.29, 0.717) is 6.04 Å². The molecule has 1 aromatic rings. The second-order valence-electron chi connectivity index (χ2n) is 4.81. The number of piperidine rings is 1. The smallest absolute Gasteiger partial charge is 0.164 e. The first-order valence-electron chi connectivity index (χ1n) is 6.03. The number of hydrogen-bond acceptors (Lipinski definition) is 3. The minimum atomic E-state index is -0.439. The van der Waals surface area contributed by atoms with E-state index in [9.17, 15) is 4.39 Å². The summed E-state index contributed by atoms with van der Waals surface area (Å²) >= 11 is 5.59. The van der Waals surface area contributed by atoms with Gasteiger partial charge in [-0.25, -0.2) is 9.37 Å². The standard InChI is InChI=1S/C12H15ClFN3/c13-12-10(14)5-9(6-16-12)17-4-2-8-1-3-15-11(8)7-17/h5-6,8,11,15H,1-4,7H2/t8-,11+/m1/s1. The van der Waals surface area contributed by atoms with Crippen LogP contribution in [-0.4, -0.2) is 30.7 Å². The van der Waals surface area contributed by atoms with Crippen LogP contribution in [0.15, 0.2) is 12.3 Å². The summed E-state index contributed by atoms with van der Waals surface area (Å²) in [5, 5.41) is 3.45. The lowest BCUT2D eigenvalue weighted by atomic mass is 9.92. The van der Waals surface area contributed by atoms with E-state index in [1.165, 1.54) is 18.9 Å². The highest BCUT2D eigenvalue weighted by Crippen LogP contribution is 2.29. The number of rotatable bonds is 1. The van der Waals surface area contributed by atoms with Crippen LogP contribution in [0.4, 0.5) is 10.1 Å². The van der Waals surface area contributed by atoms with E-state index in [2.05, 4.69) is 15.2 Å². The monoisotopic (exact) mass is 255 g/mol. The van der Waals surface area contributed by atoms with Gasteiger partial charge in [-0.3, -0.25) is 0 Å². The van der Waals surface area contributed by atoms with Crippen molar-refractivity contribution in [3.05, 3.63) is 23.2 Å². The van der Waals surface area contributed by atoms with E-state index < -0.39 is 5.82 Å². The van der Waals surface area contributed by atoms with Crippen molar-refractivity contribution < 1.29 is 4.39 Å². The number of anilines is 1. The van der Waals surface area contributed by atoms with Crippen molar-refractivity contribution in [1.29, 1.82) is 0 Å². The van der Waals surface area contributed by atoms with E-state index in [4.69, 9.17) is 11.6 Å². The Morgan fingerprint density at radius 3 is 3.18 bits per heavy atom. The van der Waals surface area contributed by atoms with E-state index in [0.717, 1.165) is 31.2 Å². The van der Waals surface area contributed by atoms with Crippen LogP contribution < -0.4 is 10.2 Å². The molecule has 3 heterocycles. The Balaban J connectivity index is 1.78. The van der Waals surface area contributed by atoms with Crippen molar-refractivity contribution in [3.63, 3.8) is 0 Å². The van der Waals surface area contributed by atoms with Gasteiger partial charge in [-0.2, -0.15) is 0 Å². The number of halogens is 2. The normalized spacial score (nSPS) is 28.2. The maximum atomic E-state index is 13.4. The highest BCUT2D eigenvalue weighted by molar-refractivity contribution is 6.29. The predicted molar refractivity (Wildman–Crippen MR) is 65.9 cm³/mol. The summed E-state index contributed by atoms with van der Waals surface area (Å²) in [4.78, 5) is 6.05. The highest BCUT2D eigenvalue weighted by Gasteiger charge is 2.32. The Hall–Kier alpha value is -0.870. The van der Waals surface area contributed by atoms with Crippen LogP contribution in [0.1, 0.15) is 12.8 Å². The molecule has 0 bridgehead atoms. The van der Waals surface area contributed by atoms with Gasteiger partial charge in [-0.05, 0) is 25.3 Å². The molecule has 0 aliphatic carbocycles. The third-order valence-corrected chi connectivity index (χ3v) is 4.10. The van der Waals surface area contributed by atoms with Gasteiger partial charge in [0.1, 0.15) is 0 Å². The number of pyridine rings is 1. The molecule has 5 heteroatoms. The second-order valence-corrected chi connectivity index (χ2v) is 5.17. The second kappa shape index (κ2) is 4.42. The average molecular weight is 256 g/mol. The summed E-state index contributed by atoms with van der Waals surface area (Å²) in [6.07, 6.45) is 4.09. The molecular formula is C12H15ClFN3. The zero-order chi connectivity index (χ0) is 11.8. The van der Waals surface area contributed by atoms with Crippen LogP contribution in [-0.2, 0) is 0 Å². The van der Waals surface area contributed by atoms with Gasteiger partial charge in [0.2, 0.25) is 0 Å². The van der Waals surface area contributed by atoms with Gasteiger partial charge >= 0.3 is 0 Å². The lowest BCUT2D eigenvalue weighted by Crippen LogP contribution is -2.46. The van der Waals surface area contributed by atoms with Crippen molar-refractivity contribution in [2.75, 3.05) is 24.5 Å². The molecule has 0 amide bonds. The summed E-state index contributed by atoms with van der Waals surface area (Å²) in [5.41, 5.74) is 0.832. The van der Waals surface area contributed by atoms with Crippen molar-refractivity contribution in [2.45, 2.75) is 18.9 Å². The fraction of sp³-hybridized carbons (Fsp3) is 0.583. The molecule has 3 nitrogen and oxygen atoms in total. The van der Waals surface area contributed by atoms with E-state index in [1.807, 2.05) is 0 Å². The first-order chi connectivity index (χ1) is 8.24. The Labute approximate surface area is 105 Å². The van der Waals surface area contributed by atoms with Crippen LogP contribution in [0.25, 0.3) is 0 Å². The minimum absolute atomic E-state index is 0.0531. The third kappa shape index (κ3) is 2.11. The van der Waals surface area contributed by atoms with Crippen LogP contribution >= 0.6 is 11.6 Å². The van der Waals surface area contributed by atoms with Crippen LogP contribution in [0, 0.1) is 11.7 Å². The molecule has 92 valence electrons. The van der Waals surface area contributed by atoms with Gasteiger partial charge < -0.3 is 10.2 Å². The maximum Gasteiger partial charge on any atom is 0.164 e. The van der Waals surface area contributed by atoms with E-state index in [1.54, 1.807) is 6.20 Å². The van der Waals surface area contributed by atoms with Gasteiger partial charge in [-0.1, -0.05) is 11.6 Å². The van der Waals surface area contributed by atoms with Gasteiger partial charge in [0.15, 0.2) is 11.0 Å². The molecule has 3 rings (SSSR count). The fourth-order valence-electron chi connectivity index (χ4n) is 2.85. The molecule has 2 aliphatic rings. The van der Waals surface area contributed by atoms with Crippen molar-refractivity contribution in [3.8, 4) is 0 Å². The minimum Gasteiger partial charge on any atom is -0.369 e. The summed E-state index contributed by atoms with van der Waals surface area (Å²) in [6, 6.07) is 2.02. The van der Waals surface area contributed by atoms with Crippen LogP contribution in [0.2, 0.25) is 5.15 Å². The Morgan fingerprint density at radius 1 is 1.47 bits per heavy atom. The molecule has 0 unspecified atom stereocenters. The van der Waals surface area contributed by atoms with Crippen LogP contribution in [0.3, 0.4) is 0 Å². The van der Waals surface area contributed by atoms with Gasteiger partial charge in [0.05, 0.1) is 11.9 Å². The summed E-state index contributed by atoms with van der Waals surface area (Å²) in [5.74, 6) is 0.349. The number of nitrogens with zero attached hydrogens (tertiary/aromatic N) is 2. The molecule has 2 aliphatic heterocycles. The van der Waals surface area contributed by atoms with Crippen molar-refractivity contribution in [2.24, 2.45) is 5.92 Å². The molecule has 0 spiro atoms. The van der Waals surface area contributed by atoms with E-state index >= 15 is 0 Å². The lowest BCUT2D eigenvalue weighted by Gasteiger charge is -2.36. The molecule has 0 aromatic carbocycles. The largest absolute Gasteiger partial charge is 0.369 e. The zero-order valence-electron chi connectivity index (χ0n) is 9.50. The first kappa shape index (κ1) is 11.2. The van der Waals surface area contributed by atoms with Gasteiger partial charge in [0.25, 0.3) is 0 Å². The summed E-state index contributed by atoms with van der Waals surface area (Å²) < 4.78 is 13.4. The molecular weight excluding hydrogens is 241 g/mol. The van der Waals surface area contributed by atoms with Gasteiger partial charge in [0, 0.05) is 25.2 Å². The zero-order valence-corrected chi connectivity index (χ0v) is 10.3. The highest BCUT2D eigenvalue weighted by atomic mass is 35.5. The number of nitrogens with one attached hydrogen (secondary N) is 1.